The van der Waals surface area contributed by atoms with Crippen LogP contribution in [0.4, 0.5) is 0 Å². The summed E-state index contributed by atoms with van der Waals surface area (Å²) in [5.74, 6) is 0.205. The summed E-state index contributed by atoms with van der Waals surface area (Å²) in [6.07, 6.45) is 3.89. The van der Waals surface area contributed by atoms with Crippen LogP contribution in [-0.4, -0.2) is 54.2 Å². The van der Waals surface area contributed by atoms with Crippen molar-refractivity contribution >= 4 is 23.0 Å². The normalized spacial score (nSPS) is 15.4. The van der Waals surface area contributed by atoms with Crippen LogP contribution in [-0.2, 0) is 11.2 Å². The van der Waals surface area contributed by atoms with Crippen molar-refractivity contribution in [2.24, 2.45) is 0 Å². The zero-order valence-corrected chi connectivity index (χ0v) is 17.5. The Hall–Kier alpha value is -1.98. The third-order valence-corrected chi connectivity index (χ3v) is 6.35. The molecule has 1 aromatic carbocycles. The molecular formula is C23H30N2O2S. The van der Waals surface area contributed by atoms with E-state index < -0.39 is 0 Å². The molecule has 3 rings (SSSR count). The van der Waals surface area contributed by atoms with Crippen molar-refractivity contribution in [3.05, 3.63) is 57.8 Å². The van der Waals surface area contributed by atoms with Crippen molar-refractivity contribution in [1.29, 1.82) is 0 Å². The van der Waals surface area contributed by atoms with Gasteiger partial charge in [0.15, 0.2) is 5.78 Å². The summed E-state index contributed by atoms with van der Waals surface area (Å²) in [7, 11) is 0. The fraction of sp³-hybridized carbons (Fsp3) is 0.478. The van der Waals surface area contributed by atoms with Gasteiger partial charge in [0, 0.05) is 37.4 Å². The number of carbonyl (C=O) groups excluding carboxylic acids is 2. The number of carbonyl (C=O) groups is 2. The number of ketones is 1. The summed E-state index contributed by atoms with van der Waals surface area (Å²) in [4.78, 5) is 31.1. The number of nitrogens with zero attached hydrogens (tertiary/aromatic N) is 2. The molecule has 1 aliphatic heterocycles. The Bertz CT molecular complexity index is 772. The van der Waals surface area contributed by atoms with E-state index in [0.717, 1.165) is 61.7 Å². The van der Waals surface area contributed by atoms with E-state index in [0.29, 0.717) is 12.8 Å². The molecule has 1 amide bonds. The number of rotatable bonds is 8. The predicted octanol–water partition coefficient (Wildman–Crippen LogP) is 4.19. The van der Waals surface area contributed by atoms with E-state index in [9.17, 15) is 9.59 Å². The van der Waals surface area contributed by atoms with E-state index in [4.69, 9.17) is 0 Å². The minimum atomic E-state index is 0.0869. The molecule has 0 spiro atoms. The largest absolute Gasteiger partial charge is 0.341 e. The Balaban J connectivity index is 1.37. The number of amides is 1. The van der Waals surface area contributed by atoms with Crippen LogP contribution in [0, 0.1) is 6.92 Å². The third kappa shape index (κ3) is 6.28. The summed E-state index contributed by atoms with van der Waals surface area (Å²) >= 11 is 1.51. The van der Waals surface area contributed by atoms with Crippen LogP contribution < -0.4 is 0 Å². The van der Waals surface area contributed by atoms with Crippen LogP contribution in [0.3, 0.4) is 0 Å². The van der Waals surface area contributed by atoms with Crippen LogP contribution in [0.1, 0.15) is 45.8 Å². The highest BCUT2D eigenvalue weighted by Gasteiger charge is 2.20. The molecule has 0 aliphatic carbocycles. The third-order valence-electron chi connectivity index (χ3n) is 5.30. The molecule has 0 unspecified atom stereocenters. The molecule has 1 aromatic heterocycles. The number of Topliss-reactive ketones (excluding diaryl/α,β-unsaturated/α-hetero) is 1. The lowest BCUT2D eigenvalue weighted by Gasteiger charge is -2.22. The van der Waals surface area contributed by atoms with Gasteiger partial charge in [-0.3, -0.25) is 9.59 Å². The second-order valence-electron chi connectivity index (χ2n) is 7.50. The van der Waals surface area contributed by atoms with E-state index in [-0.39, 0.29) is 11.7 Å². The van der Waals surface area contributed by atoms with Gasteiger partial charge >= 0.3 is 0 Å². The molecule has 2 aromatic rings. The quantitative estimate of drug-likeness (QED) is 0.626. The molecule has 4 nitrogen and oxygen atoms in total. The molecule has 0 N–H and O–H groups in total. The van der Waals surface area contributed by atoms with E-state index in [1.54, 1.807) is 0 Å². The number of benzene rings is 1. The monoisotopic (exact) mass is 398 g/mol. The first-order valence-corrected chi connectivity index (χ1v) is 11.1. The molecule has 1 aliphatic rings. The van der Waals surface area contributed by atoms with E-state index >= 15 is 0 Å². The fourth-order valence-electron chi connectivity index (χ4n) is 3.68. The molecule has 0 saturated carbocycles. The molecule has 1 saturated heterocycles. The van der Waals surface area contributed by atoms with Gasteiger partial charge in [-0.25, -0.2) is 0 Å². The maximum absolute atomic E-state index is 12.6. The van der Waals surface area contributed by atoms with Crippen molar-refractivity contribution in [1.82, 2.24) is 9.80 Å². The molecular weight excluding hydrogens is 368 g/mol. The Morgan fingerprint density at radius 2 is 1.79 bits per heavy atom. The maximum Gasteiger partial charge on any atom is 0.223 e. The second kappa shape index (κ2) is 10.5. The molecule has 5 heteroatoms. The van der Waals surface area contributed by atoms with Crippen LogP contribution in [0.15, 0.2) is 42.5 Å². The van der Waals surface area contributed by atoms with Crippen LogP contribution in [0.25, 0.3) is 0 Å². The van der Waals surface area contributed by atoms with Gasteiger partial charge < -0.3 is 9.80 Å². The van der Waals surface area contributed by atoms with E-state index in [1.807, 2.05) is 24.0 Å². The summed E-state index contributed by atoms with van der Waals surface area (Å²) in [5, 5.41) is 0. The Morgan fingerprint density at radius 1 is 0.964 bits per heavy atom. The lowest BCUT2D eigenvalue weighted by molar-refractivity contribution is -0.131. The lowest BCUT2D eigenvalue weighted by Crippen LogP contribution is -2.35. The predicted molar refractivity (Wildman–Crippen MR) is 115 cm³/mol. The average molecular weight is 399 g/mol. The van der Waals surface area contributed by atoms with Gasteiger partial charge in [-0.1, -0.05) is 30.3 Å². The van der Waals surface area contributed by atoms with Crippen LogP contribution in [0.5, 0.6) is 0 Å². The standard InChI is InChI=1S/C23H30N2O2S/c1-19-10-12-22(28-19)21(26)11-13-23(27)25-16-6-15-24(17-18-25)14-5-9-20-7-3-2-4-8-20/h2-4,7-8,10,12H,5-6,9,11,13-18H2,1H3. The summed E-state index contributed by atoms with van der Waals surface area (Å²) in [5.41, 5.74) is 1.39. The van der Waals surface area contributed by atoms with Crippen molar-refractivity contribution in [2.45, 2.75) is 39.0 Å². The molecule has 0 bridgehead atoms. The van der Waals surface area contributed by atoms with Crippen molar-refractivity contribution in [3.8, 4) is 0 Å². The smallest absolute Gasteiger partial charge is 0.223 e. The molecule has 28 heavy (non-hydrogen) atoms. The van der Waals surface area contributed by atoms with Crippen molar-refractivity contribution < 1.29 is 9.59 Å². The summed E-state index contributed by atoms with van der Waals surface area (Å²) in [6, 6.07) is 14.4. The van der Waals surface area contributed by atoms with Gasteiger partial charge in [-0.05, 0) is 57.0 Å². The average Bonchev–Trinajstić information content (AvgIpc) is 3.01. The number of hydrogen-bond donors (Lipinski definition) is 0. The first-order chi connectivity index (χ1) is 13.6. The Morgan fingerprint density at radius 3 is 2.54 bits per heavy atom. The van der Waals surface area contributed by atoms with E-state index in [1.165, 1.54) is 16.9 Å². The van der Waals surface area contributed by atoms with Gasteiger partial charge in [0.1, 0.15) is 0 Å². The van der Waals surface area contributed by atoms with Gasteiger partial charge in [0.2, 0.25) is 5.91 Å². The SMILES string of the molecule is Cc1ccc(C(=O)CCC(=O)N2CCCN(CCCc3ccccc3)CC2)s1. The highest BCUT2D eigenvalue weighted by molar-refractivity contribution is 7.14. The summed E-state index contributed by atoms with van der Waals surface area (Å²) < 4.78 is 0. The number of aryl methyl sites for hydroxylation is 2. The second-order valence-corrected chi connectivity index (χ2v) is 8.79. The van der Waals surface area contributed by atoms with Crippen LogP contribution >= 0.6 is 11.3 Å². The van der Waals surface area contributed by atoms with Crippen LogP contribution in [0.2, 0.25) is 0 Å². The Kier molecular flexibility index (Phi) is 7.80. The van der Waals surface area contributed by atoms with E-state index in [2.05, 4.69) is 35.2 Å². The minimum absolute atomic E-state index is 0.0869. The Labute approximate surface area is 172 Å². The first kappa shape index (κ1) is 20.7. The zero-order chi connectivity index (χ0) is 19.8. The highest BCUT2D eigenvalue weighted by Crippen LogP contribution is 2.18. The number of thiophene rings is 1. The van der Waals surface area contributed by atoms with Gasteiger partial charge in [-0.2, -0.15) is 0 Å². The molecule has 0 atom stereocenters. The van der Waals surface area contributed by atoms with Crippen molar-refractivity contribution in [2.75, 3.05) is 32.7 Å². The summed E-state index contributed by atoms with van der Waals surface area (Å²) in [6.45, 7) is 6.63. The molecule has 0 radical (unpaired) electrons. The van der Waals surface area contributed by atoms with Gasteiger partial charge in [0.25, 0.3) is 0 Å². The first-order valence-electron chi connectivity index (χ1n) is 10.3. The van der Waals surface area contributed by atoms with Gasteiger partial charge in [-0.15, -0.1) is 11.3 Å². The number of hydrogen-bond acceptors (Lipinski definition) is 4. The highest BCUT2D eigenvalue weighted by atomic mass is 32.1. The van der Waals surface area contributed by atoms with Crippen molar-refractivity contribution in [3.63, 3.8) is 0 Å². The fourth-order valence-corrected chi connectivity index (χ4v) is 4.52. The molecule has 2 heterocycles. The molecule has 150 valence electrons. The molecule has 1 fully saturated rings. The minimum Gasteiger partial charge on any atom is -0.341 e. The topological polar surface area (TPSA) is 40.6 Å². The van der Waals surface area contributed by atoms with Gasteiger partial charge in [0.05, 0.1) is 4.88 Å². The maximum atomic E-state index is 12.6. The zero-order valence-electron chi connectivity index (χ0n) is 16.7. The lowest BCUT2D eigenvalue weighted by atomic mass is 10.1.